The molecule has 4 saturated carbocycles. The third kappa shape index (κ3) is 2.56. The smallest absolute Gasteiger partial charge is 0.226 e. The van der Waals surface area contributed by atoms with Crippen molar-refractivity contribution in [3.63, 3.8) is 0 Å². The molecule has 4 bridgehead atoms. The predicted molar refractivity (Wildman–Crippen MR) is 97.4 cm³/mol. The topological polar surface area (TPSA) is 29.5 Å². The van der Waals surface area contributed by atoms with Gasteiger partial charge in [-0.1, -0.05) is 6.07 Å². The van der Waals surface area contributed by atoms with Gasteiger partial charge in [-0.2, -0.15) is 0 Å². The van der Waals surface area contributed by atoms with Crippen molar-refractivity contribution in [2.24, 2.45) is 23.7 Å². The number of rotatable bonds is 4. The maximum Gasteiger partial charge on any atom is 0.226 e. The molecule has 5 aliphatic rings. The summed E-state index contributed by atoms with van der Waals surface area (Å²) in [4.78, 5) is 15.6. The van der Waals surface area contributed by atoms with E-state index in [0.717, 1.165) is 36.3 Å². The Labute approximate surface area is 154 Å². The van der Waals surface area contributed by atoms with E-state index in [2.05, 4.69) is 4.90 Å². The maximum atomic E-state index is 13.5. The second kappa shape index (κ2) is 5.97. The highest BCUT2D eigenvalue weighted by Crippen LogP contribution is 2.58. The molecule has 1 heterocycles. The van der Waals surface area contributed by atoms with E-state index in [-0.39, 0.29) is 17.3 Å². The highest BCUT2D eigenvalue weighted by molar-refractivity contribution is 5.82. The monoisotopic (exact) mass is 357 g/mol. The van der Waals surface area contributed by atoms with Crippen LogP contribution in [0.5, 0.6) is 5.75 Å². The molecule has 0 radical (unpaired) electrons. The molecule has 0 N–H and O–H groups in total. The van der Waals surface area contributed by atoms with Crippen molar-refractivity contribution in [3.05, 3.63) is 29.6 Å². The average molecular weight is 357 g/mol. The van der Waals surface area contributed by atoms with Gasteiger partial charge < -0.3 is 9.64 Å². The lowest BCUT2D eigenvalue weighted by Crippen LogP contribution is -2.60. The molecule has 1 aliphatic heterocycles. The summed E-state index contributed by atoms with van der Waals surface area (Å²) in [6.07, 6.45) is 9.48. The third-order valence-electron chi connectivity index (χ3n) is 7.61. The lowest BCUT2D eigenvalue weighted by atomic mass is 9.52. The van der Waals surface area contributed by atoms with Crippen LogP contribution in [0, 0.1) is 29.5 Å². The first kappa shape index (κ1) is 16.6. The summed E-state index contributed by atoms with van der Waals surface area (Å²) >= 11 is 0. The molecule has 140 valence electrons. The fourth-order valence-electron chi connectivity index (χ4n) is 6.95. The number of nitrogens with zero attached hydrogens (tertiary/aromatic N) is 1. The number of benzene rings is 1. The van der Waals surface area contributed by atoms with E-state index in [1.54, 1.807) is 13.2 Å². The van der Waals surface area contributed by atoms with Gasteiger partial charge in [0, 0.05) is 24.1 Å². The fraction of sp³-hybridized carbons (Fsp3) is 0.682. The largest absolute Gasteiger partial charge is 0.496 e. The van der Waals surface area contributed by atoms with Crippen molar-refractivity contribution in [1.82, 2.24) is 4.90 Å². The van der Waals surface area contributed by atoms with Crippen LogP contribution in [0.25, 0.3) is 0 Å². The highest BCUT2D eigenvalue weighted by atomic mass is 19.1. The Morgan fingerprint density at radius 2 is 1.81 bits per heavy atom. The van der Waals surface area contributed by atoms with Crippen molar-refractivity contribution in [3.8, 4) is 5.75 Å². The minimum atomic E-state index is -0.293. The van der Waals surface area contributed by atoms with Gasteiger partial charge in [0.15, 0.2) is 0 Å². The number of carbonyl (C=O) groups excluding carboxylic acids is 1. The van der Waals surface area contributed by atoms with Crippen LogP contribution in [0.1, 0.15) is 50.5 Å². The first-order valence-electron chi connectivity index (χ1n) is 10.2. The molecule has 3 nitrogen and oxygen atoms in total. The van der Waals surface area contributed by atoms with Gasteiger partial charge in [0.2, 0.25) is 5.91 Å². The Hall–Kier alpha value is -1.58. The van der Waals surface area contributed by atoms with E-state index in [0.29, 0.717) is 18.1 Å². The molecule has 0 spiro atoms. The van der Waals surface area contributed by atoms with E-state index in [1.807, 2.05) is 0 Å². The second-order valence-corrected chi connectivity index (χ2v) is 9.28. The standard InChI is InChI=1S/C22H28FNO2/c1-26-20-10-19(23)3-2-17(20)9-18-4-5-24(21(18)25)22-11-14-6-15(12-22)8-16(7-14)13-22/h2-3,10,14-16,18H,4-9,11-13H2,1H3. The molecule has 4 aliphatic carbocycles. The molecule has 0 aromatic heterocycles. The van der Waals surface area contributed by atoms with Gasteiger partial charge in [0.25, 0.3) is 0 Å². The molecule has 26 heavy (non-hydrogen) atoms. The van der Waals surface area contributed by atoms with Gasteiger partial charge in [-0.15, -0.1) is 0 Å². The first-order chi connectivity index (χ1) is 12.6. The summed E-state index contributed by atoms with van der Waals surface area (Å²) in [7, 11) is 1.57. The molecule has 1 unspecified atom stereocenters. The van der Waals surface area contributed by atoms with Crippen molar-refractivity contribution < 1.29 is 13.9 Å². The molecule has 1 amide bonds. The lowest BCUT2D eigenvalue weighted by Gasteiger charge is -2.60. The van der Waals surface area contributed by atoms with Crippen molar-refractivity contribution in [2.45, 2.75) is 56.9 Å². The van der Waals surface area contributed by atoms with Crippen molar-refractivity contribution in [2.75, 3.05) is 13.7 Å². The van der Waals surface area contributed by atoms with E-state index in [1.165, 1.54) is 50.7 Å². The number of methoxy groups -OCH3 is 1. The number of hydrogen-bond acceptors (Lipinski definition) is 2. The average Bonchev–Trinajstić information content (AvgIpc) is 2.96. The minimum Gasteiger partial charge on any atom is -0.496 e. The number of carbonyl (C=O) groups is 1. The number of hydrogen-bond donors (Lipinski definition) is 0. The Bertz CT molecular complexity index is 696. The maximum absolute atomic E-state index is 13.5. The van der Waals surface area contributed by atoms with Gasteiger partial charge in [-0.3, -0.25) is 4.79 Å². The van der Waals surface area contributed by atoms with Crippen LogP contribution >= 0.6 is 0 Å². The zero-order valence-corrected chi connectivity index (χ0v) is 15.5. The summed E-state index contributed by atoms with van der Waals surface area (Å²) < 4.78 is 18.8. The molecule has 1 saturated heterocycles. The number of amides is 1. The zero-order valence-electron chi connectivity index (χ0n) is 15.5. The van der Waals surface area contributed by atoms with Gasteiger partial charge in [-0.25, -0.2) is 4.39 Å². The molecule has 1 aromatic rings. The highest BCUT2D eigenvalue weighted by Gasteiger charge is 2.56. The summed E-state index contributed by atoms with van der Waals surface area (Å²) in [5.41, 5.74) is 1.10. The van der Waals surface area contributed by atoms with E-state index >= 15 is 0 Å². The zero-order chi connectivity index (χ0) is 17.9. The van der Waals surface area contributed by atoms with Crippen LogP contribution in [0.15, 0.2) is 18.2 Å². The van der Waals surface area contributed by atoms with Crippen molar-refractivity contribution in [1.29, 1.82) is 0 Å². The number of likely N-dealkylation sites (tertiary alicyclic amines) is 1. The van der Waals surface area contributed by atoms with Gasteiger partial charge in [0.1, 0.15) is 11.6 Å². The van der Waals surface area contributed by atoms with Crippen LogP contribution < -0.4 is 4.74 Å². The summed E-state index contributed by atoms with van der Waals surface area (Å²) in [6, 6.07) is 4.66. The van der Waals surface area contributed by atoms with E-state index in [4.69, 9.17) is 4.74 Å². The molecular formula is C22H28FNO2. The van der Waals surface area contributed by atoms with Crippen LogP contribution in [-0.2, 0) is 11.2 Å². The molecule has 5 fully saturated rings. The number of halogens is 1. The Balaban J connectivity index is 1.35. The Morgan fingerprint density at radius 1 is 1.15 bits per heavy atom. The van der Waals surface area contributed by atoms with Crippen LogP contribution in [-0.4, -0.2) is 30.0 Å². The number of ether oxygens (including phenoxy) is 1. The Morgan fingerprint density at radius 3 is 2.42 bits per heavy atom. The van der Waals surface area contributed by atoms with Gasteiger partial charge >= 0.3 is 0 Å². The SMILES string of the molecule is COc1cc(F)ccc1CC1CCN(C23CC4CC(CC(C4)C2)C3)C1=O. The Kier molecular flexibility index (Phi) is 3.81. The quantitative estimate of drug-likeness (QED) is 0.808. The lowest BCUT2D eigenvalue weighted by molar-refractivity contribution is -0.147. The molecule has 1 aromatic carbocycles. The third-order valence-corrected chi connectivity index (χ3v) is 7.61. The fourth-order valence-corrected chi connectivity index (χ4v) is 6.95. The normalized spacial score (nSPS) is 38.2. The van der Waals surface area contributed by atoms with Crippen LogP contribution in [0.4, 0.5) is 4.39 Å². The predicted octanol–water partition coefficient (Wildman–Crippen LogP) is 4.19. The van der Waals surface area contributed by atoms with Gasteiger partial charge in [0.05, 0.1) is 7.11 Å². The summed E-state index contributed by atoms with van der Waals surface area (Å²) in [5.74, 6) is 3.17. The van der Waals surface area contributed by atoms with Crippen LogP contribution in [0.2, 0.25) is 0 Å². The first-order valence-corrected chi connectivity index (χ1v) is 10.2. The van der Waals surface area contributed by atoms with E-state index in [9.17, 15) is 9.18 Å². The molecular weight excluding hydrogens is 329 g/mol. The van der Waals surface area contributed by atoms with E-state index < -0.39 is 0 Å². The summed E-state index contributed by atoms with van der Waals surface area (Å²) in [6.45, 7) is 0.902. The van der Waals surface area contributed by atoms with Gasteiger partial charge in [-0.05, 0) is 80.8 Å². The second-order valence-electron chi connectivity index (χ2n) is 9.28. The van der Waals surface area contributed by atoms with Crippen molar-refractivity contribution >= 4 is 5.91 Å². The molecule has 1 atom stereocenters. The molecule has 4 heteroatoms. The minimum absolute atomic E-state index is 0.0161. The summed E-state index contributed by atoms with van der Waals surface area (Å²) in [5, 5.41) is 0. The molecule has 6 rings (SSSR count). The van der Waals surface area contributed by atoms with Crippen LogP contribution in [0.3, 0.4) is 0 Å².